The number of carbonyl (C=O) groups is 1. The molecule has 0 saturated heterocycles. The van der Waals surface area contributed by atoms with Gasteiger partial charge < -0.3 is 4.74 Å². The number of carbonyl (C=O) groups excluding carboxylic acids is 1. The van der Waals surface area contributed by atoms with E-state index in [1.54, 1.807) is 0 Å². The van der Waals surface area contributed by atoms with Crippen LogP contribution in [0.4, 0.5) is 0 Å². The van der Waals surface area contributed by atoms with Gasteiger partial charge in [-0.2, -0.15) is 16.8 Å². The van der Waals surface area contributed by atoms with Crippen LogP contribution in [0.2, 0.25) is 0 Å². The SMILES string of the molecule is CC(C)(CC(=O)COC(C)(C)S(=O)(=O)O)S(=O)(=O)O. The molecule has 2 N–H and O–H groups in total. The first-order valence-corrected chi connectivity index (χ1v) is 8.08. The van der Waals surface area contributed by atoms with Gasteiger partial charge in [-0.25, -0.2) is 0 Å². The second-order valence-electron chi connectivity index (χ2n) is 5.11. The molecule has 0 amide bonds. The maximum atomic E-state index is 11.5. The molecule has 0 fully saturated rings. The van der Waals surface area contributed by atoms with E-state index in [1.165, 1.54) is 0 Å². The molecule has 0 unspecified atom stereocenters. The van der Waals surface area contributed by atoms with E-state index in [1.807, 2.05) is 0 Å². The summed E-state index contributed by atoms with van der Waals surface area (Å²) in [5.74, 6) is -0.723. The summed E-state index contributed by atoms with van der Waals surface area (Å²) in [7, 11) is -8.94. The molecular formula is C9H18O8S2. The summed E-state index contributed by atoms with van der Waals surface area (Å²) in [6.07, 6.45) is -0.548. The van der Waals surface area contributed by atoms with Crippen LogP contribution in [0.25, 0.3) is 0 Å². The predicted molar refractivity (Wildman–Crippen MR) is 66.8 cm³/mol. The number of ketones is 1. The topological polar surface area (TPSA) is 135 Å². The van der Waals surface area contributed by atoms with Crippen LogP contribution in [0.5, 0.6) is 0 Å². The highest BCUT2D eigenvalue weighted by atomic mass is 32.2. The van der Waals surface area contributed by atoms with Crippen molar-refractivity contribution in [1.82, 2.24) is 0 Å². The minimum atomic E-state index is -4.51. The summed E-state index contributed by atoms with van der Waals surface area (Å²) in [5, 5.41) is 0. The zero-order chi connectivity index (χ0) is 15.7. The second-order valence-corrected chi connectivity index (χ2v) is 9.10. The Morgan fingerprint density at radius 3 is 1.74 bits per heavy atom. The number of Topliss-reactive ketones (excluding diaryl/α,β-unsaturated/α-hetero) is 1. The molecule has 0 radical (unpaired) electrons. The van der Waals surface area contributed by atoms with Crippen molar-refractivity contribution in [1.29, 1.82) is 0 Å². The van der Waals surface area contributed by atoms with Crippen LogP contribution in [0, 0.1) is 0 Å². The van der Waals surface area contributed by atoms with Gasteiger partial charge in [0.05, 0.1) is 4.75 Å². The smallest absolute Gasteiger partial charge is 0.294 e. The third-order valence-electron chi connectivity index (χ3n) is 2.52. The van der Waals surface area contributed by atoms with E-state index in [-0.39, 0.29) is 0 Å². The van der Waals surface area contributed by atoms with Crippen LogP contribution >= 0.6 is 0 Å². The lowest BCUT2D eigenvalue weighted by Crippen LogP contribution is -2.39. The fraction of sp³-hybridized carbons (Fsp3) is 0.889. The number of rotatable bonds is 7. The number of hydrogen-bond donors (Lipinski definition) is 2. The Kier molecular flexibility index (Phi) is 5.29. The molecule has 114 valence electrons. The molecule has 0 saturated carbocycles. The maximum absolute atomic E-state index is 11.5. The lowest BCUT2D eigenvalue weighted by Gasteiger charge is -2.23. The Morgan fingerprint density at radius 2 is 1.42 bits per heavy atom. The van der Waals surface area contributed by atoms with Gasteiger partial charge in [-0.05, 0) is 27.7 Å². The second kappa shape index (κ2) is 5.44. The molecule has 0 atom stereocenters. The molecule has 0 bridgehead atoms. The minimum Gasteiger partial charge on any atom is -0.349 e. The largest absolute Gasteiger partial charge is 0.349 e. The van der Waals surface area contributed by atoms with Crippen molar-refractivity contribution in [2.45, 2.75) is 43.8 Å². The van der Waals surface area contributed by atoms with E-state index in [0.717, 1.165) is 27.7 Å². The van der Waals surface area contributed by atoms with Crippen molar-refractivity contribution >= 4 is 26.0 Å². The average Bonchev–Trinajstić information content (AvgIpc) is 2.10. The highest BCUT2D eigenvalue weighted by Gasteiger charge is 2.37. The fourth-order valence-corrected chi connectivity index (χ4v) is 1.50. The van der Waals surface area contributed by atoms with Gasteiger partial charge in [0.1, 0.15) is 6.61 Å². The molecule has 0 aliphatic heterocycles. The van der Waals surface area contributed by atoms with Gasteiger partial charge >= 0.3 is 0 Å². The molecule has 10 heteroatoms. The van der Waals surface area contributed by atoms with Gasteiger partial charge in [0.25, 0.3) is 20.2 Å². The normalized spacial score (nSPS) is 14.4. The third-order valence-corrected chi connectivity index (χ3v) is 5.42. The minimum absolute atomic E-state index is 0.548. The van der Waals surface area contributed by atoms with E-state index in [2.05, 4.69) is 0 Å². The van der Waals surface area contributed by atoms with Crippen molar-refractivity contribution in [3.63, 3.8) is 0 Å². The lowest BCUT2D eigenvalue weighted by atomic mass is 10.1. The van der Waals surface area contributed by atoms with Gasteiger partial charge in [-0.15, -0.1) is 0 Å². The third kappa shape index (κ3) is 5.15. The van der Waals surface area contributed by atoms with Gasteiger partial charge in [-0.1, -0.05) is 0 Å². The van der Waals surface area contributed by atoms with E-state index in [9.17, 15) is 21.6 Å². The Morgan fingerprint density at radius 1 is 1.00 bits per heavy atom. The van der Waals surface area contributed by atoms with Crippen molar-refractivity contribution < 1.29 is 35.5 Å². The van der Waals surface area contributed by atoms with E-state index in [0.29, 0.717) is 0 Å². The molecular weight excluding hydrogens is 300 g/mol. The van der Waals surface area contributed by atoms with Crippen molar-refractivity contribution in [2.24, 2.45) is 0 Å². The average molecular weight is 318 g/mol. The van der Waals surface area contributed by atoms with Gasteiger partial charge in [0, 0.05) is 6.42 Å². The maximum Gasteiger partial charge on any atom is 0.294 e. The van der Waals surface area contributed by atoms with Crippen LogP contribution in [-0.4, -0.2) is 48.0 Å². The molecule has 0 aromatic heterocycles. The van der Waals surface area contributed by atoms with Crippen LogP contribution in [0.1, 0.15) is 34.1 Å². The highest BCUT2D eigenvalue weighted by Crippen LogP contribution is 2.21. The Bertz CT molecular complexity index is 541. The van der Waals surface area contributed by atoms with Crippen molar-refractivity contribution in [3.8, 4) is 0 Å². The van der Waals surface area contributed by atoms with Crippen LogP contribution in [0.15, 0.2) is 0 Å². The Labute approximate surface area is 112 Å². The van der Waals surface area contributed by atoms with Crippen LogP contribution < -0.4 is 0 Å². The summed E-state index contributed by atoms with van der Waals surface area (Å²) in [4.78, 5) is 9.52. The molecule has 0 aliphatic rings. The molecule has 0 aromatic carbocycles. The van der Waals surface area contributed by atoms with Crippen LogP contribution in [0.3, 0.4) is 0 Å². The Balaban J connectivity index is 4.70. The van der Waals surface area contributed by atoms with E-state index in [4.69, 9.17) is 13.8 Å². The summed E-state index contributed by atoms with van der Waals surface area (Å²) in [6, 6.07) is 0. The van der Waals surface area contributed by atoms with E-state index < -0.39 is 48.7 Å². The van der Waals surface area contributed by atoms with Gasteiger partial charge in [0.2, 0.25) is 0 Å². The fourth-order valence-electron chi connectivity index (χ4n) is 0.946. The standard InChI is InChI=1S/C9H18O8S2/c1-8(2,18(11,12)13)5-7(10)6-17-9(3,4)19(14,15)16/h5-6H2,1-4H3,(H,11,12,13)(H,14,15,16). The summed E-state index contributed by atoms with van der Waals surface area (Å²) in [5.41, 5.74) is 0. The molecule has 8 nitrogen and oxygen atoms in total. The van der Waals surface area contributed by atoms with E-state index >= 15 is 0 Å². The molecule has 0 aromatic rings. The molecule has 0 rings (SSSR count). The first-order valence-electron chi connectivity index (χ1n) is 5.20. The van der Waals surface area contributed by atoms with Gasteiger partial charge in [0.15, 0.2) is 10.7 Å². The molecule has 0 aliphatic carbocycles. The molecule has 19 heavy (non-hydrogen) atoms. The zero-order valence-corrected chi connectivity index (χ0v) is 12.7. The highest BCUT2D eigenvalue weighted by molar-refractivity contribution is 7.87. The number of hydrogen-bond acceptors (Lipinski definition) is 6. The lowest BCUT2D eigenvalue weighted by molar-refractivity contribution is -0.126. The predicted octanol–water partition coefficient (Wildman–Crippen LogP) is 0.253. The van der Waals surface area contributed by atoms with Gasteiger partial charge in [-0.3, -0.25) is 13.9 Å². The quantitative estimate of drug-likeness (QED) is 0.638. The van der Waals surface area contributed by atoms with Crippen molar-refractivity contribution in [3.05, 3.63) is 0 Å². The monoisotopic (exact) mass is 318 g/mol. The summed E-state index contributed by atoms with van der Waals surface area (Å²) < 4.78 is 64.5. The Hall–Kier alpha value is -0.550. The van der Waals surface area contributed by atoms with Crippen molar-refractivity contribution in [2.75, 3.05) is 6.61 Å². The number of ether oxygens (including phenoxy) is 1. The first kappa shape index (κ1) is 18.4. The zero-order valence-electron chi connectivity index (χ0n) is 11.1. The van der Waals surface area contributed by atoms with Crippen LogP contribution in [-0.2, 0) is 29.8 Å². The first-order chi connectivity index (χ1) is 8.10. The molecule has 0 spiro atoms. The molecule has 0 heterocycles. The summed E-state index contributed by atoms with van der Waals surface area (Å²) in [6.45, 7) is 3.68. The summed E-state index contributed by atoms with van der Waals surface area (Å²) >= 11 is 0.